The molecule has 0 aromatic heterocycles. The van der Waals surface area contributed by atoms with Gasteiger partial charge in [0.1, 0.15) is 5.75 Å². The highest BCUT2D eigenvalue weighted by molar-refractivity contribution is 5.53. The summed E-state index contributed by atoms with van der Waals surface area (Å²) in [6, 6.07) is 4.07. The molecule has 1 aromatic carbocycles. The average molecular weight is 177 g/mol. The summed E-state index contributed by atoms with van der Waals surface area (Å²) in [7, 11) is 0. The average Bonchev–Trinajstić information content (AvgIpc) is 2.02. The summed E-state index contributed by atoms with van der Waals surface area (Å²) in [5.74, 6) is 0.800. The van der Waals surface area contributed by atoms with Crippen molar-refractivity contribution in [2.24, 2.45) is 0 Å². The Hall–Kier alpha value is -1.31. The molecule has 0 saturated heterocycles. The fraction of sp³-hybridized carbons (Fsp3) is 0.364. The fourth-order valence-corrected chi connectivity index (χ4v) is 1.50. The lowest BCUT2D eigenvalue weighted by Crippen LogP contribution is -2.01. The molecule has 0 N–H and O–H groups in total. The second kappa shape index (κ2) is 4.08. The van der Waals surface area contributed by atoms with Crippen LogP contribution in [0.1, 0.15) is 16.7 Å². The molecule has 0 aliphatic heterocycles. The van der Waals surface area contributed by atoms with Gasteiger partial charge in [0.2, 0.25) is 6.29 Å². The first-order valence-electron chi connectivity index (χ1n) is 4.21. The molecule has 0 atom stereocenters. The molecule has 1 radical (unpaired) electrons. The van der Waals surface area contributed by atoms with E-state index in [0.29, 0.717) is 0 Å². The predicted molar refractivity (Wildman–Crippen MR) is 51.8 cm³/mol. The van der Waals surface area contributed by atoms with Crippen molar-refractivity contribution in [3.63, 3.8) is 0 Å². The third-order valence-electron chi connectivity index (χ3n) is 1.88. The second-order valence-electron chi connectivity index (χ2n) is 3.16. The fourth-order valence-electron chi connectivity index (χ4n) is 1.50. The lowest BCUT2D eigenvalue weighted by molar-refractivity contribution is 0.360. The SMILES string of the molecule is Cc1cc(C)c(OC[C]=O)c(C)c1. The van der Waals surface area contributed by atoms with E-state index in [4.69, 9.17) is 4.74 Å². The molecule has 1 aromatic rings. The quantitative estimate of drug-likeness (QED) is 0.706. The molecular formula is C11H13O2. The van der Waals surface area contributed by atoms with E-state index >= 15 is 0 Å². The minimum atomic E-state index is 0.00470. The Bertz CT molecular complexity index is 293. The first-order chi connectivity index (χ1) is 6.15. The Morgan fingerprint density at radius 2 is 1.77 bits per heavy atom. The maximum Gasteiger partial charge on any atom is 0.239 e. The van der Waals surface area contributed by atoms with Crippen molar-refractivity contribution >= 4 is 6.29 Å². The van der Waals surface area contributed by atoms with Crippen LogP contribution in [-0.4, -0.2) is 12.9 Å². The third-order valence-corrected chi connectivity index (χ3v) is 1.88. The molecule has 0 bridgehead atoms. The molecule has 13 heavy (non-hydrogen) atoms. The minimum absolute atomic E-state index is 0.00470. The van der Waals surface area contributed by atoms with Crippen molar-refractivity contribution in [2.45, 2.75) is 20.8 Å². The van der Waals surface area contributed by atoms with Crippen LogP contribution in [0.3, 0.4) is 0 Å². The number of carbonyl (C=O) groups excluding carboxylic acids is 1. The van der Waals surface area contributed by atoms with E-state index < -0.39 is 0 Å². The molecule has 0 heterocycles. The van der Waals surface area contributed by atoms with Crippen molar-refractivity contribution in [3.05, 3.63) is 28.8 Å². The van der Waals surface area contributed by atoms with Crippen LogP contribution in [0, 0.1) is 20.8 Å². The first kappa shape index (κ1) is 9.78. The third kappa shape index (κ3) is 2.31. The van der Waals surface area contributed by atoms with E-state index in [1.165, 1.54) is 5.56 Å². The van der Waals surface area contributed by atoms with Gasteiger partial charge in [-0.1, -0.05) is 17.7 Å². The molecule has 1 rings (SSSR count). The number of ether oxygens (including phenoxy) is 1. The number of hydrogen-bond acceptors (Lipinski definition) is 2. The Kier molecular flexibility index (Phi) is 3.07. The van der Waals surface area contributed by atoms with Gasteiger partial charge >= 0.3 is 0 Å². The summed E-state index contributed by atoms with van der Waals surface area (Å²) >= 11 is 0. The number of rotatable bonds is 3. The van der Waals surface area contributed by atoms with Crippen LogP contribution in [0.4, 0.5) is 0 Å². The van der Waals surface area contributed by atoms with Crippen molar-refractivity contribution in [3.8, 4) is 5.75 Å². The predicted octanol–water partition coefficient (Wildman–Crippen LogP) is 2.10. The van der Waals surface area contributed by atoms with Crippen molar-refractivity contribution in [1.82, 2.24) is 0 Å². The summed E-state index contributed by atoms with van der Waals surface area (Å²) in [6.07, 6.45) is 1.71. The summed E-state index contributed by atoms with van der Waals surface area (Å²) in [5, 5.41) is 0. The zero-order chi connectivity index (χ0) is 9.84. The first-order valence-corrected chi connectivity index (χ1v) is 4.21. The van der Waals surface area contributed by atoms with E-state index in [0.717, 1.165) is 16.9 Å². The zero-order valence-electron chi connectivity index (χ0n) is 8.18. The van der Waals surface area contributed by atoms with Crippen molar-refractivity contribution < 1.29 is 9.53 Å². The van der Waals surface area contributed by atoms with E-state index in [1.54, 1.807) is 6.29 Å². The minimum Gasteiger partial charge on any atom is -0.485 e. The second-order valence-corrected chi connectivity index (χ2v) is 3.16. The number of benzene rings is 1. The zero-order valence-corrected chi connectivity index (χ0v) is 8.18. The van der Waals surface area contributed by atoms with Crippen LogP contribution >= 0.6 is 0 Å². The van der Waals surface area contributed by atoms with Gasteiger partial charge in [-0.25, -0.2) is 0 Å². The summed E-state index contributed by atoms with van der Waals surface area (Å²) in [5.41, 5.74) is 3.33. The highest BCUT2D eigenvalue weighted by atomic mass is 16.5. The molecule has 0 unspecified atom stereocenters. The number of aryl methyl sites for hydroxylation is 3. The van der Waals surface area contributed by atoms with E-state index in [-0.39, 0.29) is 6.61 Å². The standard InChI is InChI=1S/C11H13O2/c1-8-6-9(2)11(10(3)7-8)13-5-4-12/h6-7H,5H2,1-3H3. The maximum absolute atomic E-state index is 10.0. The topological polar surface area (TPSA) is 26.3 Å². The van der Waals surface area contributed by atoms with Crippen molar-refractivity contribution in [1.29, 1.82) is 0 Å². The van der Waals surface area contributed by atoms with Gasteiger partial charge in [-0.05, 0) is 31.9 Å². The number of hydrogen-bond donors (Lipinski definition) is 0. The molecule has 0 saturated carbocycles. The molecule has 69 valence electrons. The Morgan fingerprint density at radius 1 is 1.23 bits per heavy atom. The van der Waals surface area contributed by atoms with Gasteiger partial charge in [0.15, 0.2) is 6.61 Å². The summed E-state index contributed by atoms with van der Waals surface area (Å²) < 4.78 is 5.25. The smallest absolute Gasteiger partial charge is 0.239 e. The highest BCUT2D eigenvalue weighted by Crippen LogP contribution is 2.24. The maximum atomic E-state index is 10.0. The van der Waals surface area contributed by atoms with Gasteiger partial charge in [-0.15, -0.1) is 0 Å². The van der Waals surface area contributed by atoms with Crippen molar-refractivity contribution in [2.75, 3.05) is 6.61 Å². The summed E-state index contributed by atoms with van der Waals surface area (Å²) in [6.45, 7) is 5.99. The van der Waals surface area contributed by atoms with Gasteiger partial charge < -0.3 is 4.74 Å². The van der Waals surface area contributed by atoms with Gasteiger partial charge in [0.25, 0.3) is 0 Å². The largest absolute Gasteiger partial charge is 0.485 e. The molecule has 2 heteroatoms. The van der Waals surface area contributed by atoms with Gasteiger partial charge in [0.05, 0.1) is 0 Å². The van der Waals surface area contributed by atoms with Crippen LogP contribution in [0.2, 0.25) is 0 Å². The molecule has 0 aliphatic rings. The monoisotopic (exact) mass is 177 g/mol. The molecule has 0 amide bonds. The molecular weight excluding hydrogens is 164 g/mol. The van der Waals surface area contributed by atoms with Crippen LogP contribution in [0.25, 0.3) is 0 Å². The van der Waals surface area contributed by atoms with Gasteiger partial charge in [-0.2, -0.15) is 0 Å². The normalized spacial score (nSPS) is 9.77. The van der Waals surface area contributed by atoms with Crippen LogP contribution in [-0.2, 0) is 4.79 Å². The van der Waals surface area contributed by atoms with Crippen LogP contribution < -0.4 is 4.74 Å². The lowest BCUT2D eigenvalue weighted by Gasteiger charge is -2.10. The van der Waals surface area contributed by atoms with Crippen LogP contribution in [0.15, 0.2) is 12.1 Å². The summed E-state index contributed by atoms with van der Waals surface area (Å²) in [4.78, 5) is 10.0. The van der Waals surface area contributed by atoms with Gasteiger partial charge in [0, 0.05) is 0 Å². The Balaban J connectivity index is 2.98. The molecule has 2 nitrogen and oxygen atoms in total. The highest BCUT2D eigenvalue weighted by Gasteiger charge is 2.03. The van der Waals surface area contributed by atoms with E-state index in [1.807, 2.05) is 32.9 Å². The van der Waals surface area contributed by atoms with Crippen LogP contribution in [0.5, 0.6) is 5.75 Å². The molecule has 0 spiro atoms. The lowest BCUT2D eigenvalue weighted by atomic mass is 10.1. The molecule has 0 fully saturated rings. The molecule has 0 aliphatic carbocycles. The Labute approximate surface area is 78.5 Å². The Morgan fingerprint density at radius 3 is 2.23 bits per heavy atom. The van der Waals surface area contributed by atoms with E-state index in [9.17, 15) is 4.79 Å². The van der Waals surface area contributed by atoms with Gasteiger partial charge in [-0.3, -0.25) is 4.79 Å². The van der Waals surface area contributed by atoms with E-state index in [2.05, 4.69) is 0 Å².